The fraction of sp³-hybridized carbons (Fsp3) is 0.115. The Hall–Kier alpha value is -3.77. The van der Waals surface area contributed by atoms with Crippen molar-refractivity contribution in [1.29, 1.82) is 0 Å². The summed E-state index contributed by atoms with van der Waals surface area (Å²) in [5, 5.41) is 6.43. The number of hydrogen-bond acceptors (Lipinski definition) is 4. The lowest BCUT2D eigenvalue weighted by molar-refractivity contribution is -0.120. The van der Waals surface area contributed by atoms with E-state index in [2.05, 4.69) is 29.7 Å². The van der Waals surface area contributed by atoms with Crippen molar-refractivity contribution in [2.24, 2.45) is 0 Å². The summed E-state index contributed by atoms with van der Waals surface area (Å²) in [7, 11) is 0. The molecule has 0 bridgehead atoms. The number of rotatable bonds is 5. The molecule has 5 nitrogen and oxygen atoms in total. The maximum absolute atomic E-state index is 12.9. The van der Waals surface area contributed by atoms with Crippen molar-refractivity contribution in [3.05, 3.63) is 89.1 Å². The van der Waals surface area contributed by atoms with Crippen LogP contribution in [0.2, 0.25) is 0 Å². The highest BCUT2D eigenvalue weighted by atomic mass is 32.1. The van der Waals surface area contributed by atoms with Crippen molar-refractivity contribution in [3.63, 3.8) is 0 Å². The van der Waals surface area contributed by atoms with Crippen molar-refractivity contribution in [3.8, 4) is 10.6 Å². The molecule has 32 heavy (non-hydrogen) atoms. The molecule has 4 aromatic rings. The maximum atomic E-state index is 12.9. The Labute approximate surface area is 190 Å². The Morgan fingerprint density at radius 2 is 1.72 bits per heavy atom. The van der Waals surface area contributed by atoms with Gasteiger partial charge in [0.05, 0.1) is 10.2 Å². The molecule has 0 aliphatic rings. The zero-order chi connectivity index (χ0) is 22.7. The molecule has 0 spiro atoms. The summed E-state index contributed by atoms with van der Waals surface area (Å²) < 4.78 is 1.15. The molecule has 0 unspecified atom stereocenters. The third kappa shape index (κ3) is 4.92. The van der Waals surface area contributed by atoms with Gasteiger partial charge in [-0.05, 0) is 73.0 Å². The van der Waals surface area contributed by atoms with Crippen molar-refractivity contribution in [1.82, 2.24) is 10.3 Å². The average molecular weight is 442 g/mol. The average Bonchev–Trinajstić information content (AvgIpc) is 3.18. The summed E-state index contributed by atoms with van der Waals surface area (Å²) in [4.78, 5) is 29.2. The molecule has 2 N–H and O–H groups in total. The minimum Gasteiger partial charge on any atom is -0.322 e. The van der Waals surface area contributed by atoms with E-state index in [1.54, 1.807) is 17.4 Å². The van der Waals surface area contributed by atoms with E-state index in [0.29, 0.717) is 5.69 Å². The third-order valence-corrected chi connectivity index (χ3v) is 6.04. The maximum Gasteiger partial charge on any atom is 0.272 e. The third-order valence-electron chi connectivity index (χ3n) is 4.98. The zero-order valence-corrected chi connectivity index (χ0v) is 18.9. The Balaban J connectivity index is 1.55. The van der Waals surface area contributed by atoms with Crippen LogP contribution in [0.4, 0.5) is 5.69 Å². The standard InChI is InChI=1S/C26H23N3O2S/c1-16-8-13-22-24(14-16)32-26(29-22)19-9-11-21(12-10-19)28-25(31)23(27-18(3)30)15-20-7-5-4-6-17(20)2/h4-15H,1-3H3,(H,27,30)(H,28,31)/b23-15+. The highest BCUT2D eigenvalue weighted by Gasteiger charge is 2.13. The molecule has 2 amide bonds. The smallest absolute Gasteiger partial charge is 0.272 e. The highest BCUT2D eigenvalue weighted by Crippen LogP contribution is 2.31. The van der Waals surface area contributed by atoms with Gasteiger partial charge in [0, 0.05) is 18.2 Å². The van der Waals surface area contributed by atoms with Crippen LogP contribution in [0.25, 0.3) is 26.9 Å². The first-order chi connectivity index (χ1) is 15.4. The number of carbonyl (C=O) groups is 2. The molecular weight excluding hydrogens is 418 g/mol. The summed E-state index contributed by atoms with van der Waals surface area (Å²) in [5.41, 5.74) is 5.88. The van der Waals surface area contributed by atoms with Gasteiger partial charge < -0.3 is 10.6 Å². The van der Waals surface area contributed by atoms with E-state index >= 15 is 0 Å². The number of nitrogens with one attached hydrogen (secondary N) is 2. The Morgan fingerprint density at radius 3 is 2.44 bits per heavy atom. The number of amides is 2. The molecule has 4 rings (SSSR count). The lowest BCUT2D eigenvalue weighted by Gasteiger charge is -2.11. The molecule has 0 radical (unpaired) electrons. The molecule has 0 atom stereocenters. The van der Waals surface area contributed by atoms with Gasteiger partial charge in [-0.1, -0.05) is 30.3 Å². The van der Waals surface area contributed by atoms with E-state index in [4.69, 9.17) is 4.98 Å². The summed E-state index contributed by atoms with van der Waals surface area (Å²) in [6, 6.07) is 21.4. The van der Waals surface area contributed by atoms with Crippen LogP contribution < -0.4 is 10.6 Å². The summed E-state index contributed by atoms with van der Waals surface area (Å²) in [5.74, 6) is -0.687. The second-order valence-corrected chi connectivity index (χ2v) is 8.65. The number of anilines is 1. The van der Waals surface area contributed by atoms with Gasteiger partial charge in [-0.3, -0.25) is 9.59 Å². The van der Waals surface area contributed by atoms with Gasteiger partial charge in [0.25, 0.3) is 5.91 Å². The second kappa shape index (κ2) is 9.16. The Bertz CT molecular complexity index is 1340. The number of hydrogen-bond donors (Lipinski definition) is 2. The van der Waals surface area contributed by atoms with E-state index in [9.17, 15) is 9.59 Å². The van der Waals surface area contributed by atoms with Crippen molar-refractivity contribution in [2.75, 3.05) is 5.32 Å². The van der Waals surface area contributed by atoms with Crippen molar-refractivity contribution >= 4 is 45.1 Å². The van der Waals surface area contributed by atoms with Gasteiger partial charge in [0.1, 0.15) is 10.7 Å². The molecule has 1 heterocycles. The quantitative estimate of drug-likeness (QED) is 0.391. The molecule has 160 valence electrons. The van der Waals surface area contributed by atoms with Crippen molar-refractivity contribution in [2.45, 2.75) is 20.8 Å². The minimum absolute atomic E-state index is 0.192. The lowest BCUT2D eigenvalue weighted by Crippen LogP contribution is -2.29. The second-order valence-electron chi connectivity index (χ2n) is 7.62. The summed E-state index contributed by atoms with van der Waals surface area (Å²) >= 11 is 1.64. The Kier molecular flexibility index (Phi) is 6.14. The molecule has 1 aromatic heterocycles. The van der Waals surface area contributed by atoms with Crippen LogP contribution >= 0.6 is 11.3 Å². The predicted molar refractivity (Wildman–Crippen MR) is 131 cm³/mol. The van der Waals surface area contributed by atoms with Crippen LogP contribution in [-0.4, -0.2) is 16.8 Å². The van der Waals surface area contributed by atoms with E-state index in [0.717, 1.165) is 31.9 Å². The van der Waals surface area contributed by atoms with Crippen LogP contribution in [0, 0.1) is 13.8 Å². The molecule has 0 fully saturated rings. The molecule has 0 saturated heterocycles. The van der Waals surface area contributed by atoms with Gasteiger partial charge in [-0.15, -0.1) is 11.3 Å². The number of fused-ring (bicyclic) bond motifs is 1. The fourth-order valence-corrected chi connectivity index (χ4v) is 4.37. The fourth-order valence-electron chi connectivity index (χ4n) is 3.30. The lowest BCUT2D eigenvalue weighted by atomic mass is 10.1. The largest absolute Gasteiger partial charge is 0.322 e. The molecule has 3 aromatic carbocycles. The van der Waals surface area contributed by atoms with E-state index in [1.165, 1.54) is 12.5 Å². The number of carbonyl (C=O) groups excluding carboxylic acids is 2. The van der Waals surface area contributed by atoms with Gasteiger partial charge in [0.2, 0.25) is 5.91 Å². The normalized spacial score (nSPS) is 11.4. The monoisotopic (exact) mass is 441 g/mol. The van der Waals surface area contributed by atoms with Crippen LogP contribution in [0.1, 0.15) is 23.6 Å². The van der Waals surface area contributed by atoms with Gasteiger partial charge in [-0.2, -0.15) is 0 Å². The first kappa shape index (κ1) is 21.5. The van der Waals surface area contributed by atoms with Gasteiger partial charge in [-0.25, -0.2) is 4.98 Å². The topological polar surface area (TPSA) is 71.1 Å². The molecule has 0 saturated carbocycles. The van der Waals surface area contributed by atoms with E-state index in [-0.39, 0.29) is 17.5 Å². The van der Waals surface area contributed by atoms with Gasteiger partial charge >= 0.3 is 0 Å². The molecule has 0 aliphatic heterocycles. The summed E-state index contributed by atoms with van der Waals surface area (Å²) in [6.45, 7) is 5.41. The van der Waals surface area contributed by atoms with E-state index in [1.807, 2.05) is 61.5 Å². The van der Waals surface area contributed by atoms with Crippen molar-refractivity contribution < 1.29 is 9.59 Å². The number of thiazole rings is 1. The minimum atomic E-state index is -0.383. The number of nitrogens with zero attached hydrogens (tertiary/aromatic N) is 1. The number of aromatic nitrogens is 1. The first-order valence-electron chi connectivity index (χ1n) is 10.2. The predicted octanol–water partition coefficient (Wildman–Crippen LogP) is 5.70. The SMILES string of the molecule is CC(=O)N/C(=C/c1ccccc1C)C(=O)Nc1ccc(-c2nc3ccc(C)cc3s2)cc1. The van der Waals surface area contributed by atoms with E-state index < -0.39 is 0 Å². The van der Waals surface area contributed by atoms with Crippen LogP contribution in [0.3, 0.4) is 0 Å². The van der Waals surface area contributed by atoms with Gasteiger partial charge in [0.15, 0.2) is 0 Å². The van der Waals surface area contributed by atoms with Crippen LogP contribution in [0.5, 0.6) is 0 Å². The highest BCUT2D eigenvalue weighted by molar-refractivity contribution is 7.21. The molecular formula is C26H23N3O2S. The molecule has 0 aliphatic carbocycles. The zero-order valence-electron chi connectivity index (χ0n) is 18.1. The molecule has 6 heteroatoms. The van der Waals surface area contributed by atoms with Crippen LogP contribution in [0.15, 0.2) is 72.4 Å². The first-order valence-corrected chi connectivity index (χ1v) is 11.0. The van der Waals surface area contributed by atoms with Crippen LogP contribution in [-0.2, 0) is 9.59 Å². The summed E-state index contributed by atoms with van der Waals surface area (Å²) in [6.07, 6.45) is 1.68. The Morgan fingerprint density at radius 1 is 0.969 bits per heavy atom. The number of benzene rings is 3. The number of aryl methyl sites for hydroxylation is 2.